The van der Waals surface area contributed by atoms with Crippen molar-refractivity contribution in [3.63, 3.8) is 0 Å². The molecule has 0 radical (unpaired) electrons. The summed E-state index contributed by atoms with van der Waals surface area (Å²) in [7, 11) is 0. The lowest BCUT2D eigenvalue weighted by Crippen LogP contribution is -1.96. The van der Waals surface area contributed by atoms with E-state index in [2.05, 4.69) is 132 Å². The lowest BCUT2D eigenvalue weighted by atomic mass is 9.90. The smallest absolute Gasteiger partial charge is 0.160 e. The third-order valence-electron chi connectivity index (χ3n) is 8.95. The minimum Gasteiger partial charge on any atom is -0.264 e. The highest BCUT2D eigenvalue weighted by atomic mass is 14.9. The number of nitrogens with zero attached hydrogens (tertiary/aromatic N) is 3. The van der Waals surface area contributed by atoms with Crippen LogP contribution in [0, 0.1) is 0 Å². The number of benzene rings is 7. The Morgan fingerprint density at radius 3 is 1.67 bits per heavy atom. The summed E-state index contributed by atoms with van der Waals surface area (Å²) in [6.07, 6.45) is 3.68. The molecule has 0 fully saturated rings. The van der Waals surface area contributed by atoms with Crippen molar-refractivity contribution in [3.8, 4) is 56.2 Å². The standard InChI is InChI=1S/C43H27N3/c1-2-6-30(7-3-1)39-26-40(31-15-11-28(12-16-31)36-10-5-25-44-27-36)46-43(45-39)35-19-13-29(14-20-35)37-23-21-34-18-17-32-8-4-9-33-22-24-38(37)42(34)41(32)33/h1-27H. The zero-order valence-corrected chi connectivity index (χ0v) is 24.9. The Morgan fingerprint density at radius 1 is 0.370 bits per heavy atom. The Balaban J connectivity index is 1.13. The number of aromatic nitrogens is 3. The van der Waals surface area contributed by atoms with Crippen LogP contribution in [0.15, 0.2) is 164 Å². The first-order chi connectivity index (χ1) is 22.8. The van der Waals surface area contributed by atoms with E-state index >= 15 is 0 Å². The van der Waals surface area contributed by atoms with Gasteiger partial charge in [-0.1, -0.05) is 140 Å². The van der Waals surface area contributed by atoms with Crippen LogP contribution in [0.25, 0.3) is 88.5 Å². The molecule has 2 aromatic heterocycles. The van der Waals surface area contributed by atoms with Crippen LogP contribution in [-0.2, 0) is 0 Å². The molecule has 7 aromatic carbocycles. The lowest BCUT2D eigenvalue weighted by Gasteiger charge is -2.14. The molecule has 0 aliphatic carbocycles. The molecule has 46 heavy (non-hydrogen) atoms. The fourth-order valence-electron chi connectivity index (χ4n) is 6.63. The van der Waals surface area contributed by atoms with Gasteiger partial charge < -0.3 is 0 Å². The predicted octanol–water partition coefficient (Wildman–Crippen LogP) is 11.1. The average Bonchev–Trinajstić information content (AvgIpc) is 3.14. The van der Waals surface area contributed by atoms with Crippen molar-refractivity contribution in [2.24, 2.45) is 0 Å². The second kappa shape index (κ2) is 10.8. The molecule has 9 rings (SSSR count). The maximum absolute atomic E-state index is 5.09. The van der Waals surface area contributed by atoms with E-state index in [0.717, 1.165) is 39.2 Å². The van der Waals surface area contributed by atoms with E-state index in [4.69, 9.17) is 9.97 Å². The molecule has 0 aliphatic rings. The summed E-state index contributed by atoms with van der Waals surface area (Å²) >= 11 is 0. The van der Waals surface area contributed by atoms with Gasteiger partial charge in [0.15, 0.2) is 5.82 Å². The Hall–Kier alpha value is -6.19. The van der Waals surface area contributed by atoms with Crippen molar-refractivity contribution >= 4 is 32.3 Å². The van der Waals surface area contributed by atoms with Gasteiger partial charge >= 0.3 is 0 Å². The zero-order chi connectivity index (χ0) is 30.5. The first-order valence-corrected chi connectivity index (χ1v) is 15.5. The summed E-state index contributed by atoms with van der Waals surface area (Å²) in [4.78, 5) is 14.4. The highest BCUT2D eigenvalue weighted by Crippen LogP contribution is 2.39. The highest BCUT2D eigenvalue weighted by Gasteiger charge is 2.14. The van der Waals surface area contributed by atoms with Gasteiger partial charge in [-0.05, 0) is 66.7 Å². The second-order valence-corrected chi connectivity index (χ2v) is 11.7. The minimum atomic E-state index is 0.703. The van der Waals surface area contributed by atoms with Gasteiger partial charge in [0, 0.05) is 29.1 Å². The maximum atomic E-state index is 5.09. The van der Waals surface area contributed by atoms with E-state index in [9.17, 15) is 0 Å². The Labute approximate surface area is 266 Å². The van der Waals surface area contributed by atoms with E-state index in [1.807, 2.05) is 30.5 Å². The zero-order valence-electron chi connectivity index (χ0n) is 24.9. The van der Waals surface area contributed by atoms with Crippen molar-refractivity contribution in [2.45, 2.75) is 0 Å². The van der Waals surface area contributed by atoms with Gasteiger partial charge in [-0.15, -0.1) is 0 Å². The van der Waals surface area contributed by atoms with Crippen LogP contribution >= 0.6 is 0 Å². The SMILES string of the molecule is c1ccc(-c2cc(-c3ccc(-c4cccnc4)cc3)nc(-c3ccc(-c4ccc5ccc6cccc7ccc4c5c67)cc3)n2)cc1. The summed E-state index contributed by atoms with van der Waals surface area (Å²) in [5, 5.41) is 7.76. The van der Waals surface area contributed by atoms with Gasteiger partial charge in [-0.2, -0.15) is 0 Å². The molecule has 0 saturated carbocycles. The first kappa shape index (κ1) is 26.2. The molecule has 3 heteroatoms. The third kappa shape index (κ3) is 4.49. The van der Waals surface area contributed by atoms with Crippen LogP contribution in [0.4, 0.5) is 0 Å². The number of rotatable bonds is 5. The van der Waals surface area contributed by atoms with E-state index in [1.54, 1.807) is 6.20 Å². The van der Waals surface area contributed by atoms with Gasteiger partial charge in [0.1, 0.15) is 0 Å². The van der Waals surface area contributed by atoms with Gasteiger partial charge in [0.2, 0.25) is 0 Å². The molecular weight excluding hydrogens is 558 g/mol. The van der Waals surface area contributed by atoms with E-state index < -0.39 is 0 Å². The van der Waals surface area contributed by atoms with Crippen molar-refractivity contribution < 1.29 is 0 Å². The van der Waals surface area contributed by atoms with Crippen LogP contribution in [0.5, 0.6) is 0 Å². The molecule has 2 heterocycles. The van der Waals surface area contributed by atoms with Crippen LogP contribution in [0.2, 0.25) is 0 Å². The summed E-state index contributed by atoms with van der Waals surface area (Å²) in [5.41, 5.74) is 9.47. The second-order valence-electron chi connectivity index (χ2n) is 11.7. The normalized spacial score (nSPS) is 11.5. The Bertz CT molecular complexity index is 2470. The largest absolute Gasteiger partial charge is 0.264 e. The fourth-order valence-corrected chi connectivity index (χ4v) is 6.63. The van der Waals surface area contributed by atoms with Gasteiger partial charge in [-0.25, -0.2) is 9.97 Å². The molecule has 9 aromatic rings. The van der Waals surface area contributed by atoms with Crippen molar-refractivity contribution in [3.05, 3.63) is 164 Å². The van der Waals surface area contributed by atoms with E-state index in [1.165, 1.54) is 43.4 Å². The molecule has 0 atom stereocenters. The van der Waals surface area contributed by atoms with Gasteiger partial charge in [0.05, 0.1) is 11.4 Å². The Morgan fingerprint density at radius 2 is 0.957 bits per heavy atom. The van der Waals surface area contributed by atoms with E-state index in [0.29, 0.717) is 5.82 Å². The fraction of sp³-hybridized carbons (Fsp3) is 0. The topological polar surface area (TPSA) is 38.7 Å². The summed E-state index contributed by atoms with van der Waals surface area (Å²) < 4.78 is 0. The molecule has 214 valence electrons. The van der Waals surface area contributed by atoms with Crippen LogP contribution in [0.1, 0.15) is 0 Å². The summed E-state index contributed by atoms with van der Waals surface area (Å²) in [6.45, 7) is 0. The summed E-state index contributed by atoms with van der Waals surface area (Å²) in [6, 6.07) is 53.6. The first-order valence-electron chi connectivity index (χ1n) is 15.5. The molecule has 0 N–H and O–H groups in total. The van der Waals surface area contributed by atoms with Gasteiger partial charge in [-0.3, -0.25) is 4.98 Å². The van der Waals surface area contributed by atoms with Crippen molar-refractivity contribution in [2.75, 3.05) is 0 Å². The molecule has 0 spiro atoms. The van der Waals surface area contributed by atoms with E-state index in [-0.39, 0.29) is 0 Å². The van der Waals surface area contributed by atoms with Crippen LogP contribution < -0.4 is 0 Å². The number of hydrogen-bond donors (Lipinski definition) is 0. The molecule has 0 unspecified atom stereocenters. The Kier molecular flexibility index (Phi) is 6.14. The lowest BCUT2D eigenvalue weighted by molar-refractivity contribution is 1.18. The molecule has 0 amide bonds. The molecule has 0 saturated heterocycles. The van der Waals surface area contributed by atoms with Crippen LogP contribution in [0.3, 0.4) is 0 Å². The highest BCUT2D eigenvalue weighted by molar-refractivity contribution is 6.25. The third-order valence-corrected chi connectivity index (χ3v) is 8.95. The van der Waals surface area contributed by atoms with Crippen molar-refractivity contribution in [1.29, 1.82) is 0 Å². The monoisotopic (exact) mass is 585 g/mol. The quantitative estimate of drug-likeness (QED) is 0.189. The minimum absolute atomic E-state index is 0.703. The molecule has 3 nitrogen and oxygen atoms in total. The average molecular weight is 586 g/mol. The number of pyridine rings is 1. The molecular formula is C43H27N3. The maximum Gasteiger partial charge on any atom is 0.160 e. The number of hydrogen-bond acceptors (Lipinski definition) is 3. The van der Waals surface area contributed by atoms with Crippen molar-refractivity contribution in [1.82, 2.24) is 15.0 Å². The molecule has 0 bridgehead atoms. The predicted molar refractivity (Wildman–Crippen MR) is 191 cm³/mol. The summed E-state index contributed by atoms with van der Waals surface area (Å²) in [5.74, 6) is 0.703. The van der Waals surface area contributed by atoms with Crippen LogP contribution in [-0.4, -0.2) is 15.0 Å². The molecule has 0 aliphatic heterocycles. The van der Waals surface area contributed by atoms with Gasteiger partial charge in [0.25, 0.3) is 0 Å².